The molecule has 1 amide bonds. The van der Waals surface area contributed by atoms with E-state index in [9.17, 15) is 4.79 Å². The van der Waals surface area contributed by atoms with Gasteiger partial charge in [-0.25, -0.2) is 0 Å². The van der Waals surface area contributed by atoms with E-state index in [0.29, 0.717) is 17.2 Å². The Bertz CT molecular complexity index is 828. The minimum atomic E-state index is -0.625. The zero-order valence-electron chi connectivity index (χ0n) is 15.1. The molecule has 138 valence electrons. The highest BCUT2D eigenvalue weighted by Gasteiger charge is 2.24. The lowest BCUT2D eigenvalue weighted by Crippen LogP contribution is -2.40. The van der Waals surface area contributed by atoms with Gasteiger partial charge >= 0.3 is 0 Å². The van der Waals surface area contributed by atoms with Crippen LogP contribution < -0.4 is 10.1 Å². The van der Waals surface area contributed by atoms with Gasteiger partial charge in [0.05, 0.1) is 11.1 Å². The number of hydrogen-bond acceptors (Lipinski definition) is 2. The van der Waals surface area contributed by atoms with E-state index in [1.165, 1.54) is 0 Å². The number of nitrogens with one attached hydrogen (secondary N) is 1. The third-order valence-corrected chi connectivity index (χ3v) is 4.63. The first-order valence-electron chi connectivity index (χ1n) is 9.00. The summed E-state index contributed by atoms with van der Waals surface area (Å²) < 4.78 is 5.88. The Balaban J connectivity index is 1.82. The van der Waals surface area contributed by atoms with Crippen molar-refractivity contribution in [2.75, 3.05) is 0 Å². The van der Waals surface area contributed by atoms with Gasteiger partial charge in [-0.15, -0.1) is 0 Å². The molecule has 1 atom stereocenters. The second kappa shape index (κ2) is 9.24. The SMILES string of the molecule is CCC(Oc1ccccc1Cl)C(=O)NC(c1ccccc1)c1ccccc1. The van der Waals surface area contributed by atoms with Crippen molar-refractivity contribution in [2.45, 2.75) is 25.5 Å². The van der Waals surface area contributed by atoms with Gasteiger partial charge in [-0.2, -0.15) is 0 Å². The van der Waals surface area contributed by atoms with Crippen molar-refractivity contribution in [3.8, 4) is 5.75 Å². The second-order valence-corrected chi connectivity index (χ2v) is 6.62. The topological polar surface area (TPSA) is 38.3 Å². The van der Waals surface area contributed by atoms with Gasteiger partial charge in [0.2, 0.25) is 0 Å². The molecule has 0 bridgehead atoms. The summed E-state index contributed by atoms with van der Waals surface area (Å²) in [6, 6.07) is 26.8. The lowest BCUT2D eigenvalue weighted by molar-refractivity contribution is -0.128. The van der Waals surface area contributed by atoms with Gasteiger partial charge < -0.3 is 10.1 Å². The standard InChI is InChI=1S/C23H22ClNO2/c1-2-20(27-21-16-10-9-15-19(21)24)23(26)25-22(17-11-5-3-6-12-17)18-13-7-4-8-14-18/h3-16,20,22H,2H2,1H3,(H,25,26). The van der Waals surface area contributed by atoms with Crippen molar-refractivity contribution >= 4 is 17.5 Å². The molecule has 0 heterocycles. The lowest BCUT2D eigenvalue weighted by atomic mass is 9.98. The van der Waals surface area contributed by atoms with Crippen LogP contribution in [0.15, 0.2) is 84.9 Å². The summed E-state index contributed by atoms with van der Waals surface area (Å²) in [6.45, 7) is 1.92. The molecule has 3 aromatic rings. The molecule has 4 heteroatoms. The maximum atomic E-state index is 13.0. The molecule has 27 heavy (non-hydrogen) atoms. The Morgan fingerprint density at radius 1 is 0.889 bits per heavy atom. The van der Waals surface area contributed by atoms with Gasteiger partial charge in [0.1, 0.15) is 5.75 Å². The van der Waals surface area contributed by atoms with Gasteiger partial charge in [0.15, 0.2) is 6.10 Å². The second-order valence-electron chi connectivity index (χ2n) is 6.21. The predicted octanol–water partition coefficient (Wildman–Crippen LogP) is 5.40. The molecule has 3 nitrogen and oxygen atoms in total. The highest BCUT2D eigenvalue weighted by atomic mass is 35.5. The Morgan fingerprint density at radius 2 is 1.41 bits per heavy atom. The molecule has 0 saturated heterocycles. The largest absolute Gasteiger partial charge is 0.479 e. The maximum Gasteiger partial charge on any atom is 0.261 e. The molecular weight excluding hydrogens is 358 g/mol. The van der Waals surface area contributed by atoms with Crippen LogP contribution in [0.25, 0.3) is 0 Å². The van der Waals surface area contributed by atoms with E-state index in [1.807, 2.05) is 79.7 Å². The molecule has 1 unspecified atom stereocenters. The zero-order chi connectivity index (χ0) is 19.1. The quantitative estimate of drug-likeness (QED) is 0.596. The molecule has 3 rings (SSSR count). The monoisotopic (exact) mass is 379 g/mol. The van der Waals surface area contributed by atoms with Crippen LogP contribution in [-0.4, -0.2) is 12.0 Å². The summed E-state index contributed by atoms with van der Waals surface area (Å²) in [5, 5.41) is 3.63. The minimum absolute atomic E-state index is 0.171. The fourth-order valence-corrected chi connectivity index (χ4v) is 3.08. The molecule has 0 spiro atoms. The first kappa shape index (κ1) is 19.0. The summed E-state index contributed by atoms with van der Waals surface area (Å²) in [5.41, 5.74) is 2.04. The maximum absolute atomic E-state index is 13.0. The molecule has 0 radical (unpaired) electrons. The van der Waals surface area contributed by atoms with E-state index in [4.69, 9.17) is 16.3 Å². The van der Waals surface area contributed by atoms with E-state index < -0.39 is 6.10 Å². The summed E-state index contributed by atoms with van der Waals surface area (Å²) in [4.78, 5) is 13.0. The van der Waals surface area contributed by atoms with Crippen molar-refractivity contribution in [3.05, 3.63) is 101 Å². The molecule has 0 aromatic heterocycles. The van der Waals surface area contributed by atoms with Crippen molar-refractivity contribution < 1.29 is 9.53 Å². The minimum Gasteiger partial charge on any atom is -0.479 e. The summed E-state index contributed by atoms with van der Waals surface area (Å²) >= 11 is 6.17. The molecule has 0 aliphatic heterocycles. The Hall–Kier alpha value is -2.78. The van der Waals surface area contributed by atoms with Crippen LogP contribution in [0.4, 0.5) is 0 Å². The predicted molar refractivity (Wildman–Crippen MR) is 109 cm³/mol. The van der Waals surface area contributed by atoms with Crippen LogP contribution in [0, 0.1) is 0 Å². The number of para-hydroxylation sites is 1. The van der Waals surface area contributed by atoms with Crippen molar-refractivity contribution in [1.29, 1.82) is 0 Å². The molecule has 0 saturated carbocycles. The van der Waals surface area contributed by atoms with E-state index in [1.54, 1.807) is 12.1 Å². The number of ether oxygens (including phenoxy) is 1. The third kappa shape index (κ3) is 4.89. The Morgan fingerprint density at radius 3 is 1.93 bits per heavy atom. The van der Waals surface area contributed by atoms with Gasteiger partial charge in [-0.1, -0.05) is 91.3 Å². The summed E-state index contributed by atoms with van der Waals surface area (Å²) in [5.74, 6) is 0.340. The van der Waals surface area contributed by atoms with Crippen LogP contribution >= 0.6 is 11.6 Å². The summed E-state index contributed by atoms with van der Waals surface area (Å²) in [6.07, 6.45) is -0.0901. The number of halogens is 1. The number of hydrogen-bond donors (Lipinski definition) is 1. The number of rotatable bonds is 7. The van der Waals surface area contributed by atoms with Crippen molar-refractivity contribution in [3.63, 3.8) is 0 Å². The smallest absolute Gasteiger partial charge is 0.261 e. The van der Waals surface area contributed by atoms with Gasteiger partial charge in [0.25, 0.3) is 5.91 Å². The summed E-state index contributed by atoms with van der Waals surface area (Å²) in [7, 11) is 0. The number of carbonyl (C=O) groups excluding carboxylic acids is 1. The van der Waals surface area contributed by atoms with Gasteiger partial charge in [-0.3, -0.25) is 4.79 Å². The first-order chi connectivity index (χ1) is 13.2. The van der Waals surface area contributed by atoms with Gasteiger partial charge in [0, 0.05) is 0 Å². The first-order valence-corrected chi connectivity index (χ1v) is 9.38. The molecular formula is C23H22ClNO2. The zero-order valence-corrected chi connectivity index (χ0v) is 15.9. The number of benzene rings is 3. The Kier molecular flexibility index (Phi) is 6.50. The fraction of sp³-hybridized carbons (Fsp3) is 0.174. The molecule has 0 aliphatic carbocycles. The van der Waals surface area contributed by atoms with Crippen LogP contribution in [0.1, 0.15) is 30.5 Å². The highest BCUT2D eigenvalue weighted by molar-refractivity contribution is 6.32. The van der Waals surface area contributed by atoms with Crippen LogP contribution in [-0.2, 0) is 4.79 Å². The van der Waals surface area contributed by atoms with Crippen LogP contribution in [0.5, 0.6) is 5.75 Å². The third-order valence-electron chi connectivity index (χ3n) is 4.32. The van der Waals surface area contributed by atoms with Crippen LogP contribution in [0.3, 0.4) is 0 Å². The Labute approximate surface area is 164 Å². The molecule has 1 N–H and O–H groups in total. The molecule has 0 aliphatic rings. The number of carbonyl (C=O) groups is 1. The normalized spacial score (nSPS) is 11.8. The number of amides is 1. The van der Waals surface area contributed by atoms with E-state index in [0.717, 1.165) is 11.1 Å². The van der Waals surface area contributed by atoms with E-state index in [-0.39, 0.29) is 11.9 Å². The molecule has 3 aromatic carbocycles. The van der Waals surface area contributed by atoms with Gasteiger partial charge in [-0.05, 0) is 29.7 Å². The van der Waals surface area contributed by atoms with Crippen molar-refractivity contribution in [1.82, 2.24) is 5.32 Å². The van der Waals surface area contributed by atoms with Crippen LogP contribution in [0.2, 0.25) is 5.02 Å². The lowest BCUT2D eigenvalue weighted by Gasteiger charge is -2.24. The highest BCUT2D eigenvalue weighted by Crippen LogP contribution is 2.26. The molecule has 0 fully saturated rings. The average molecular weight is 380 g/mol. The van der Waals surface area contributed by atoms with E-state index >= 15 is 0 Å². The van der Waals surface area contributed by atoms with E-state index in [2.05, 4.69) is 5.32 Å². The van der Waals surface area contributed by atoms with Crippen molar-refractivity contribution in [2.24, 2.45) is 0 Å². The average Bonchev–Trinajstić information content (AvgIpc) is 2.72. The fourth-order valence-electron chi connectivity index (χ4n) is 2.90.